The van der Waals surface area contributed by atoms with Crippen LogP contribution in [0.15, 0.2) is 54.6 Å². The van der Waals surface area contributed by atoms with Gasteiger partial charge in [-0.1, -0.05) is 35.9 Å². The molecule has 0 atom stereocenters. The van der Waals surface area contributed by atoms with Crippen LogP contribution in [0.4, 0.5) is 0 Å². The quantitative estimate of drug-likeness (QED) is 0.690. The number of aromatic nitrogens is 1. The van der Waals surface area contributed by atoms with E-state index < -0.39 is 0 Å². The maximum absolute atomic E-state index is 5.15. The molecule has 1 aromatic heterocycles. The lowest BCUT2D eigenvalue weighted by Gasteiger charge is -2.01. The summed E-state index contributed by atoms with van der Waals surface area (Å²) < 4.78 is 5.15. The molecule has 0 amide bonds. The zero-order valence-electron chi connectivity index (χ0n) is 12.2. The molecule has 104 valence electrons. The van der Waals surface area contributed by atoms with Crippen LogP contribution in [-0.2, 0) is 0 Å². The predicted molar refractivity (Wildman–Crippen MR) is 88.4 cm³/mol. The van der Waals surface area contributed by atoms with Gasteiger partial charge in [-0.15, -0.1) is 0 Å². The van der Waals surface area contributed by atoms with Crippen LogP contribution in [0.3, 0.4) is 0 Å². The van der Waals surface area contributed by atoms with Crippen molar-refractivity contribution in [1.29, 1.82) is 0 Å². The number of nitrogens with zero attached hydrogens (tertiary/aromatic N) is 1. The van der Waals surface area contributed by atoms with E-state index in [-0.39, 0.29) is 0 Å². The molecule has 0 unspecified atom stereocenters. The van der Waals surface area contributed by atoms with Crippen molar-refractivity contribution in [3.8, 4) is 5.75 Å². The molecule has 0 aliphatic rings. The van der Waals surface area contributed by atoms with E-state index in [1.165, 1.54) is 10.9 Å². The molecule has 0 aliphatic carbocycles. The first-order valence-electron chi connectivity index (χ1n) is 6.94. The molecule has 1 heterocycles. The van der Waals surface area contributed by atoms with Gasteiger partial charge in [0.1, 0.15) is 5.75 Å². The van der Waals surface area contributed by atoms with Gasteiger partial charge in [0.05, 0.1) is 18.3 Å². The molecule has 3 rings (SSSR count). The van der Waals surface area contributed by atoms with E-state index >= 15 is 0 Å². The van der Waals surface area contributed by atoms with Crippen molar-refractivity contribution in [3.63, 3.8) is 0 Å². The standard InChI is InChI=1S/C19H17NO/c1-14-3-12-19-16(13-14)7-9-17(20-19)8-4-15-5-10-18(21-2)11-6-15/h3-13H,1-2H3/b8-4+. The molecule has 2 nitrogen and oxygen atoms in total. The average Bonchev–Trinajstić information content (AvgIpc) is 2.53. The Hall–Kier alpha value is -2.61. The van der Waals surface area contributed by atoms with E-state index in [4.69, 9.17) is 4.74 Å². The number of benzene rings is 2. The van der Waals surface area contributed by atoms with E-state index in [0.717, 1.165) is 22.5 Å². The zero-order chi connectivity index (χ0) is 14.7. The molecule has 2 aromatic carbocycles. The van der Waals surface area contributed by atoms with Gasteiger partial charge in [-0.25, -0.2) is 4.98 Å². The lowest BCUT2D eigenvalue weighted by atomic mass is 10.1. The van der Waals surface area contributed by atoms with E-state index in [0.29, 0.717) is 0 Å². The average molecular weight is 275 g/mol. The zero-order valence-corrected chi connectivity index (χ0v) is 12.2. The van der Waals surface area contributed by atoms with Crippen molar-refractivity contribution in [2.45, 2.75) is 6.92 Å². The molecule has 0 saturated carbocycles. The van der Waals surface area contributed by atoms with Gasteiger partial charge in [0.15, 0.2) is 0 Å². The van der Waals surface area contributed by atoms with E-state index in [9.17, 15) is 0 Å². The second kappa shape index (κ2) is 5.80. The summed E-state index contributed by atoms with van der Waals surface area (Å²) in [7, 11) is 1.67. The molecule has 3 aromatic rings. The van der Waals surface area contributed by atoms with Crippen molar-refractivity contribution in [2.75, 3.05) is 7.11 Å². The first kappa shape index (κ1) is 13.4. The van der Waals surface area contributed by atoms with Gasteiger partial charge in [-0.05, 0) is 48.9 Å². The highest BCUT2D eigenvalue weighted by molar-refractivity contribution is 5.81. The Morgan fingerprint density at radius 3 is 2.48 bits per heavy atom. The summed E-state index contributed by atoms with van der Waals surface area (Å²) >= 11 is 0. The van der Waals surface area contributed by atoms with Gasteiger partial charge in [0.2, 0.25) is 0 Å². The van der Waals surface area contributed by atoms with Gasteiger partial charge in [-0.3, -0.25) is 0 Å². The summed E-state index contributed by atoms with van der Waals surface area (Å²) in [4.78, 5) is 4.65. The third-order valence-corrected chi connectivity index (χ3v) is 3.43. The Bertz CT molecular complexity index is 788. The van der Waals surface area contributed by atoms with Crippen LogP contribution in [0.5, 0.6) is 5.75 Å². The second-order valence-corrected chi connectivity index (χ2v) is 5.04. The highest BCUT2D eigenvalue weighted by Gasteiger charge is 1.97. The fourth-order valence-electron chi connectivity index (χ4n) is 2.25. The molecule has 0 aliphatic heterocycles. The molecule has 21 heavy (non-hydrogen) atoms. The lowest BCUT2D eigenvalue weighted by Crippen LogP contribution is -1.84. The van der Waals surface area contributed by atoms with E-state index in [1.54, 1.807) is 7.11 Å². The molecular formula is C19H17NO. The SMILES string of the molecule is COc1ccc(/C=C/c2ccc3cc(C)ccc3n2)cc1. The van der Waals surface area contributed by atoms with Gasteiger partial charge >= 0.3 is 0 Å². The lowest BCUT2D eigenvalue weighted by molar-refractivity contribution is 0.415. The molecule has 0 N–H and O–H groups in total. The van der Waals surface area contributed by atoms with Crippen LogP contribution in [0.25, 0.3) is 23.1 Å². The highest BCUT2D eigenvalue weighted by atomic mass is 16.5. The summed E-state index contributed by atoms with van der Waals surface area (Å²) in [6, 6.07) is 18.4. The number of fused-ring (bicyclic) bond motifs is 1. The van der Waals surface area contributed by atoms with Gasteiger partial charge in [-0.2, -0.15) is 0 Å². The largest absolute Gasteiger partial charge is 0.497 e. The van der Waals surface area contributed by atoms with Crippen molar-refractivity contribution >= 4 is 23.1 Å². The molecule has 0 fully saturated rings. The Balaban J connectivity index is 1.86. The highest BCUT2D eigenvalue weighted by Crippen LogP contribution is 2.17. The Morgan fingerprint density at radius 2 is 1.71 bits per heavy atom. The maximum atomic E-state index is 5.15. The number of pyridine rings is 1. The van der Waals surface area contributed by atoms with Gasteiger partial charge in [0.25, 0.3) is 0 Å². The van der Waals surface area contributed by atoms with Crippen molar-refractivity contribution in [2.24, 2.45) is 0 Å². The van der Waals surface area contributed by atoms with Crippen LogP contribution in [-0.4, -0.2) is 12.1 Å². The van der Waals surface area contributed by atoms with Crippen LogP contribution in [0, 0.1) is 6.92 Å². The van der Waals surface area contributed by atoms with Crippen LogP contribution >= 0.6 is 0 Å². The minimum atomic E-state index is 0.867. The van der Waals surface area contributed by atoms with E-state index in [2.05, 4.69) is 42.2 Å². The number of hydrogen-bond acceptors (Lipinski definition) is 2. The smallest absolute Gasteiger partial charge is 0.118 e. The third kappa shape index (κ3) is 3.11. The Kier molecular flexibility index (Phi) is 3.69. The van der Waals surface area contributed by atoms with Gasteiger partial charge in [0, 0.05) is 5.39 Å². The summed E-state index contributed by atoms with van der Waals surface area (Å²) in [5.74, 6) is 0.867. The Morgan fingerprint density at radius 1 is 0.905 bits per heavy atom. The molecule has 2 heteroatoms. The van der Waals surface area contributed by atoms with Gasteiger partial charge < -0.3 is 4.74 Å². The normalized spacial score (nSPS) is 11.1. The number of aryl methyl sites for hydroxylation is 1. The molecular weight excluding hydrogens is 258 g/mol. The maximum Gasteiger partial charge on any atom is 0.118 e. The van der Waals surface area contributed by atoms with Crippen molar-refractivity contribution < 1.29 is 4.74 Å². The molecule has 0 radical (unpaired) electrons. The van der Waals surface area contributed by atoms with E-state index in [1.807, 2.05) is 36.4 Å². The first-order chi connectivity index (χ1) is 10.2. The third-order valence-electron chi connectivity index (χ3n) is 3.43. The second-order valence-electron chi connectivity index (χ2n) is 5.04. The number of rotatable bonds is 3. The fourth-order valence-corrected chi connectivity index (χ4v) is 2.25. The van der Waals surface area contributed by atoms with Crippen LogP contribution in [0.2, 0.25) is 0 Å². The van der Waals surface area contributed by atoms with Crippen LogP contribution < -0.4 is 4.74 Å². The van der Waals surface area contributed by atoms with Crippen molar-refractivity contribution in [3.05, 3.63) is 71.4 Å². The Labute approximate surface area is 124 Å². The minimum Gasteiger partial charge on any atom is -0.497 e. The first-order valence-corrected chi connectivity index (χ1v) is 6.94. The predicted octanol–water partition coefficient (Wildman–Crippen LogP) is 4.72. The number of methoxy groups -OCH3 is 1. The summed E-state index contributed by atoms with van der Waals surface area (Å²) in [5, 5.41) is 1.18. The van der Waals surface area contributed by atoms with Crippen LogP contribution in [0.1, 0.15) is 16.8 Å². The minimum absolute atomic E-state index is 0.867. The summed E-state index contributed by atoms with van der Waals surface area (Å²) in [6.07, 6.45) is 4.09. The topological polar surface area (TPSA) is 22.1 Å². The molecule has 0 spiro atoms. The monoisotopic (exact) mass is 275 g/mol. The molecule has 0 bridgehead atoms. The fraction of sp³-hybridized carbons (Fsp3) is 0.105. The summed E-state index contributed by atoms with van der Waals surface area (Å²) in [5.41, 5.74) is 4.37. The summed E-state index contributed by atoms with van der Waals surface area (Å²) in [6.45, 7) is 2.09. The molecule has 0 saturated heterocycles. The van der Waals surface area contributed by atoms with Crippen molar-refractivity contribution in [1.82, 2.24) is 4.98 Å². The number of ether oxygens (including phenoxy) is 1. The number of hydrogen-bond donors (Lipinski definition) is 0.